The minimum absolute atomic E-state index is 0.756. The Hall–Kier alpha value is -3.38. The Morgan fingerprint density at radius 2 is 1.09 bits per heavy atom. The number of hydrogen-bond donors (Lipinski definition) is 0. The average molecular weight is 443 g/mol. The fourth-order valence-corrected chi connectivity index (χ4v) is 5.46. The molecule has 1 atom stereocenters. The Morgan fingerprint density at radius 1 is 0.559 bits per heavy atom. The Balaban J connectivity index is 1.80. The SMILES string of the molecule is CCCCC(CC)Cc1ccc2c(-c3ccccc3)c3ccccc3c(-c3ccccc3)c2c1. The molecule has 0 radical (unpaired) electrons. The zero-order chi connectivity index (χ0) is 23.3. The first-order valence-corrected chi connectivity index (χ1v) is 12.9. The number of rotatable bonds is 8. The van der Waals surface area contributed by atoms with Gasteiger partial charge in [-0.25, -0.2) is 0 Å². The van der Waals surface area contributed by atoms with Gasteiger partial charge in [0.1, 0.15) is 0 Å². The first kappa shape index (κ1) is 22.4. The molecule has 34 heavy (non-hydrogen) atoms. The van der Waals surface area contributed by atoms with E-state index >= 15 is 0 Å². The van der Waals surface area contributed by atoms with Crippen LogP contribution in [0.1, 0.15) is 45.1 Å². The lowest BCUT2D eigenvalue weighted by molar-refractivity contribution is 0.449. The predicted molar refractivity (Wildman–Crippen MR) is 149 cm³/mol. The highest BCUT2D eigenvalue weighted by Crippen LogP contribution is 2.44. The van der Waals surface area contributed by atoms with Crippen LogP contribution < -0.4 is 0 Å². The molecular weight excluding hydrogens is 408 g/mol. The van der Waals surface area contributed by atoms with Crippen LogP contribution in [0.4, 0.5) is 0 Å². The van der Waals surface area contributed by atoms with E-state index in [4.69, 9.17) is 0 Å². The second-order valence-electron chi connectivity index (χ2n) is 9.53. The molecule has 0 aliphatic carbocycles. The molecule has 0 fully saturated rings. The molecule has 0 amide bonds. The van der Waals surface area contributed by atoms with Gasteiger partial charge in [-0.05, 0) is 61.7 Å². The maximum Gasteiger partial charge on any atom is -0.00263 e. The minimum Gasteiger partial charge on any atom is -0.0654 e. The van der Waals surface area contributed by atoms with E-state index in [0.717, 1.165) is 12.3 Å². The van der Waals surface area contributed by atoms with Gasteiger partial charge in [0.2, 0.25) is 0 Å². The fourth-order valence-electron chi connectivity index (χ4n) is 5.46. The van der Waals surface area contributed by atoms with E-state index in [9.17, 15) is 0 Å². The first-order chi connectivity index (χ1) is 16.8. The van der Waals surface area contributed by atoms with Crippen molar-refractivity contribution in [3.8, 4) is 22.3 Å². The zero-order valence-electron chi connectivity index (χ0n) is 20.4. The molecule has 0 saturated heterocycles. The van der Waals surface area contributed by atoms with Gasteiger partial charge in [0.25, 0.3) is 0 Å². The maximum absolute atomic E-state index is 2.49. The van der Waals surface area contributed by atoms with Gasteiger partial charge in [-0.3, -0.25) is 0 Å². The standard InChI is InChI=1S/C34H34/c1-3-5-14-25(4-2)23-26-21-22-31-32(24-26)34(28-17-10-7-11-18-28)30-20-13-12-19-29(30)33(31)27-15-8-6-9-16-27/h6-13,15-22,24-25H,3-5,14,23H2,1-2H3. The molecule has 0 heterocycles. The van der Waals surface area contributed by atoms with Crippen LogP contribution in [0.2, 0.25) is 0 Å². The van der Waals surface area contributed by atoms with Gasteiger partial charge in [-0.1, -0.05) is 143 Å². The molecule has 0 aromatic heterocycles. The van der Waals surface area contributed by atoms with Crippen LogP contribution in [0.3, 0.4) is 0 Å². The van der Waals surface area contributed by atoms with Crippen LogP contribution in [0.25, 0.3) is 43.8 Å². The quantitative estimate of drug-likeness (QED) is 0.210. The molecule has 5 rings (SSSR count). The summed E-state index contributed by atoms with van der Waals surface area (Å²) < 4.78 is 0. The van der Waals surface area contributed by atoms with Crippen LogP contribution in [-0.2, 0) is 6.42 Å². The molecule has 0 aliphatic heterocycles. The molecule has 1 unspecified atom stereocenters. The third kappa shape index (κ3) is 4.38. The second-order valence-corrected chi connectivity index (χ2v) is 9.53. The fraction of sp³-hybridized carbons (Fsp3) is 0.235. The maximum atomic E-state index is 2.49. The normalized spacial score (nSPS) is 12.3. The molecule has 0 nitrogen and oxygen atoms in total. The van der Waals surface area contributed by atoms with Crippen molar-refractivity contribution in [2.75, 3.05) is 0 Å². The highest BCUT2D eigenvalue weighted by molar-refractivity contribution is 6.21. The van der Waals surface area contributed by atoms with Crippen LogP contribution in [0.5, 0.6) is 0 Å². The molecule has 0 bridgehead atoms. The van der Waals surface area contributed by atoms with Crippen molar-refractivity contribution in [3.05, 3.63) is 109 Å². The number of benzene rings is 5. The molecule has 5 aromatic carbocycles. The lowest BCUT2D eigenvalue weighted by Crippen LogP contribution is -2.03. The molecule has 0 heteroatoms. The van der Waals surface area contributed by atoms with E-state index < -0.39 is 0 Å². The summed E-state index contributed by atoms with van der Waals surface area (Å²) in [6.07, 6.45) is 6.33. The van der Waals surface area contributed by atoms with E-state index in [2.05, 4.69) is 117 Å². The Morgan fingerprint density at radius 3 is 1.65 bits per heavy atom. The summed E-state index contributed by atoms with van der Waals surface area (Å²) in [4.78, 5) is 0. The van der Waals surface area contributed by atoms with E-state index in [-0.39, 0.29) is 0 Å². The molecular formula is C34H34. The van der Waals surface area contributed by atoms with E-state index in [0.29, 0.717) is 0 Å². The molecule has 0 spiro atoms. The first-order valence-electron chi connectivity index (χ1n) is 12.9. The summed E-state index contributed by atoms with van der Waals surface area (Å²) in [5.41, 5.74) is 6.73. The van der Waals surface area contributed by atoms with Crippen molar-refractivity contribution in [3.63, 3.8) is 0 Å². The van der Waals surface area contributed by atoms with Gasteiger partial charge in [0.15, 0.2) is 0 Å². The molecule has 5 aromatic rings. The lowest BCUT2D eigenvalue weighted by Gasteiger charge is -2.20. The zero-order valence-corrected chi connectivity index (χ0v) is 20.4. The van der Waals surface area contributed by atoms with Crippen molar-refractivity contribution in [2.45, 2.75) is 46.0 Å². The smallest absolute Gasteiger partial charge is 0.00263 e. The van der Waals surface area contributed by atoms with Crippen LogP contribution in [-0.4, -0.2) is 0 Å². The minimum atomic E-state index is 0.756. The Bertz CT molecular complexity index is 1380. The average Bonchev–Trinajstić information content (AvgIpc) is 2.90. The van der Waals surface area contributed by atoms with Crippen molar-refractivity contribution >= 4 is 21.5 Å². The number of fused-ring (bicyclic) bond motifs is 2. The summed E-state index contributed by atoms with van der Waals surface area (Å²) in [7, 11) is 0. The van der Waals surface area contributed by atoms with Crippen LogP contribution in [0, 0.1) is 5.92 Å². The van der Waals surface area contributed by atoms with Gasteiger partial charge in [-0.15, -0.1) is 0 Å². The third-order valence-electron chi connectivity index (χ3n) is 7.28. The number of hydrogen-bond acceptors (Lipinski definition) is 0. The van der Waals surface area contributed by atoms with Gasteiger partial charge >= 0.3 is 0 Å². The molecule has 0 aliphatic rings. The van der Waals surface area contributed by atoms with Crippen LogP contribution in [0.15, 0.2) is 103 Å². The summed E-state index contributed by atoms with van der Waals surface area (Å²) >= 11 is 0. The van der Waals surface area contributed by atoms with Gasteiger partial charge in [0.05, 0.1) is 0 Å². The predicted octanol–water partition coefficient (Wildman–Crippen LogP) is 10.1. The molecule has 0 N–H and O–H groups in total. The highest BCUT2D eigenvalue weighted by atomic mass is 14.2. The second kappa shape index (κ2) is 10.3. The van der Waals surface area contributed by atoms with Crippen molar-refractivity contribution in [2.24, 2.45) is 5.92 Å². The Kier molecular flexibility index (Phi) is 6.77. The van der Waals surface area contributed by atoms with Crippen LogP contribution >= 0.6 is 0 Å². The van der Waals surface area contributed by atoms with Gasteiger partial charge in [0, 0.05) is 0 Å². The van der Waals surface area contributed by atoms with E-state index in [1.54, 1.807) is 0 Å². The highest BCUT2D eigenvalue weighted by Gasteiger charge is 2.17. The summed E-state index contributed by atoms with van der Waals surface area (Å²) in [5.74, 6) is 0.756. The van der Waals surface area contributed by atoms with Crippen molar-refractivity contribution in [1.29, 1.82) is 0 Å². The topological polar surface area (TPSA) is 0 Å². The van der Waals surface area contributed by atoms with E-state index in [1.165, 1.54) is 75.0 Å². The molecule has 0 saturated carbocycles. The molecule has 170 valence electrons. The third-order valence-corrected chi connectivity index (χ3v) is 7.28. The monoisotopic (exact) mass is 442 g/mol. The van der Waals surface area contributed by atoms with E-state index in [1.807, 2.05) is 0 Å². The number of unbranched alkanes of at least 4 members (excludes halogenated alkanes) is 1. The summed E-state index contributed by atoms with van der Waals surface area (Å²) in [6.45, 7) is 4.64. The van der Waals surface area contributed by atoms with Crippen molar-refractivity contribution in [1.82, 2.24) is 0 Å². The summed E-state index contributed by atoms with van der Waals surface area (Å²) in [5, 5.41) is 5.36. The van der Waals surface area contributed by atoms with Gasteiger partial charge < -0.3 is 0 Å². The lowest BCUT2D eigenvalue weighted by atomic mass is 9.84. The van der Waals surface area contributed by atoms with Crippen molar-refractivity contribution < 1.29 is 0 Å². The van der Waals surface area contributed by atoms with Gasteiger partial charge in [-0.2, -0.15) is 0 Å². The Labute approximate surface area is 204 Å². The summed E-state index contributed by atoms with van der Waals surface area (Å²) in [6, 6.07) is 38.0. The largest absolute Gasteiger partial charge is 0.0654 e.